The average molecular weight is 333 g/mol. The molecular formula is C12H17BrN2O2S. The zero-order valence-corrected chi connectivity index (χ0v) is 12.9. The number of halogens is 1. The van der Waals surface area contributed by atoms with Gasteiger partial charge in [0, 0.05) is 28.3 Å². The fraction of sp³-hybridized carbons (Fsp3) is 0.500. The Morgan fingerprint density at radius 3 is 2.83 bits per heavy atom. The minimum Gasteiger partial charge on any atom is -0.382 e. The Balaban J connectivity index is 2.59. The summed E-state index contributed by atoms with van der Waals surface area (Å²) in [5.74, 6) is 2.25. The summed E-state index contributed by atoms with van der Waals surface area (Å²) in [5.41, 5.74) is 0.996. The number of thioether (sulfide) groups is 1. The number of anilines is 1. The van der Waals surface area contributed by atoms with Crippen LogP contribution in [0.1, 0.15) is 20.3 Å². The van der Waals surface area contributed by atoms with Crippen molar-refractivity contribution >= 4 is 39.1 Å². The summed E-state index contributed by atoms with van der Waals surface area (Å²) in [6, 6.07) is 5.13. The first kappa shape index (κ1) is 15.3. The van der Waals surface area contributed by atoms with Gasteiger partial charge in [-0.3, -0.25) is 10.1 Å². The number of benzene rings is 1. The zero-order valence-electron chi connectivity index (χ0n) is 10.5. The first-order valence-electron chi connectivity index (χ1n) is 5.82. The fourth-order valence-corrected chi connectivity index (χ4v) is 2.77. The number of nitrogens with zero attached hydrogens (tertiary/aromatic N) is 1. The molecule has 0 bridgehead atoms. The van der Waals surface area contributed by atoms with Crippen molar-refractivity contribution in [1.29, 1.82) is 0 Å². The molecule has 0 amide bonds. The second kappa shape index (κ2) is 7.63. The van der Waals surface area contributed by atoms with Crippen molar-refractivity contribution in [1.82, 2.24) is 0 Å². The van der Waals surface area contributed by atoms with Crippen LogP contribution in [-0.2, 0) is 0 Å². The van der Waals surface area contributed by atoms with E-state index >= 15 is 0 Å². The summed E-state index contributed by atoms with van der Waals surface area (Å²) >= 11 is 5.27. The normalized spacial score (nSPS) is 12.2. The molecule has 0 aromatic heterocycles. The minimum atomic E-state index is -0.393. The Morgan fingerprint density at radius 1 is 1.56 bits per heavy atom. The van der Waals surface area contributed by atoms with Crippen LogP contribution in [0, 0.1) is 10.1 Å². The van der Waals surface area contributed by atoms with Gasteiger partial charge in [-0.15, -0.1) is 0 Å². The van der Waals surface area contributed by atoms with E-state index in [1.165, 1.54) is 12.1 Å². The van der Waals surface area contributed by atoms with E-state index in [9.17, 15) is 10.1 Å². The van der Waals surface area contributed by atoms with E-state index in [0.29, 0.717) is 6.04 Å². The van der Waals surface area contributed by atoms with Crippen molar-refractivity contribution in [2.45, 2.75) is 26.3 Å². The third-order valence-corrected chi connectivity index (χ3v) is 4.05. The number of hydrogen-bond acceptors (Lipinski definition) is 4. The Morgan fingerprint density at radius 2 is 2.28 bits per heavy atom. The maximum absolute atomic E-state index is 10.6. The van der Waals surface area contributed by atoms with E-state index in [-0.39, 0.29) is 5.69 Å². The SMILES string of the molecule is CCSCCC(C)Nc1ccc([N+](=O)[O-])cc1Br. The van der Waals surface area contributed by atoms with E-state index in [1.807, 2.05) is 11.8 Å². The van der Waals surface area contributed by atoms with Crippen LogP contribution in [-0.4, -0.2) is 22.5 Å². The van der Waals surface area contributed by atoms with Gasteiger partial charge in [0.1, 0.15) is 0 Å². The largest absolute Gasteiger partial charge is 0.382 e. The van der Waals surface area contributed by atoms with E-state index < -0.39 is 4.92 Å². The van der Waals surface area contributed by atoms with Crippen molar-refractivity contribution in [3.63, 3.8) is 0 Å². The van der Waals surface area contributed by atoms with Gasteiger partial charge < -0.3 is 5.32 Å². The molecular weight excluding hydrogens is 316 g/mol. The van der Waals surface area contributed by atoms with E-state index in [0.717, 1.165) is 28.1 Å². The molecule has 0 saturated carbocycles. The quantitative estimate of drug-likeness (QED) is 0.459. The highest BCUT2D eigenvalue weighted by molar-refractivity contribution is 9.10. The lowest BCUT2D eigenvalue weighted by Gasteiger charge is -2.16. The third-order valence-electron chi connectivity index (χ3n) is 2.46. The second-order valence-corrected chi connectivity index (χ2v) is 6.20. The number of non-ortho nitro benzene ring substituents is 1. The summed E-state index contributed by atoms with van der Waals surface area (Å²) in [4.78, 5) is 10.2. The van der Waals surface area contributed by atoms with Crippen LogP contribution in [0.25, 0.3) is 0 Å². The molecule has 0 fully saturated rings. The molecule has 1 aromatic rings. The van der Waals surface area contributed by atoms with Gasteiger partial charge in [0.2, 0.25) is 0 Å². The molecule has 0 aliphatic carbocycles. The highest BCUT2D eigenvalue weighted by atomic mass is 79.9. The van der Waals surface area contributed by atoms with Crippen molar-refractivity contribution in [2.24, 2.45) is 0 Å². The summed E-state index contributed by atoms with van der Waals surface area (Å²) in [7, 11) is 0. The van der Waals surface area contributed by atoms with E-state index in [2.05, 4.69) is 35.1 Å². The maximum atomic E-state index is 10.6. The summed E-state index contributed by atoms with van der Waals surface area (Å²) in [6.45, 7) is 4.26. The van der Waals surface area contributed by atoms with Gasteiger partial charge >= 0.3 is 0 Å². The molecule has 0 aliphatic rings. The molecule has 18 heavy (non-hydrogen) atoms. The van der Waals surface area contributed by atoms with Crippen molar-refractivity contribution in [3.8, 4) is 0 Å². The van der Waals surface area contributed by atoms with Crippen LogP contribution in [0.5, 0.6) is 0 Å². The highest BCUT2D eigenvalue weighted by Crippen LogP contribution is 2.27. The maximum Gasteiger partial charge on any atom is 0.270 e. The topological polar surface area (TPSA) is 55.2 Å². The molecule has 0 radical (unpaired) electrons. The molecule has 100 valence electrons. The standard InChI is InChI=1S/C12H17BrN2O2S/c1-3-18-7-6-9(2)14-12-5-4-10(15(16)17)8-11(12)13/h4-5,8-9,14H,3,6-7H2,1-2H3. The number of nitrogens with one attached hydrogen (secondary N) is 1. The predicted molar refractivity (Wildman–Crippen MR) is 81.5 cm³/mol. The predicted octanol–water partition coefficient (Wildman–Crippen LogP) is 4.30. The van der Waals surface area contributed by atoms with Gasteiger partial charge in [-0.25, -0.2) is 0 Å². The molecule has 0 spiro atoms. The van der Waals surface area contributed by atoms with Crippen LogP contribution >= 0.6 is 27.7 Å². The van der Waals surface area contributed by atoms with Gasteiger partial charge in [0.25, 0.3) is 5.69 Å². The molecule has 1 rings (SSSR count). The fourth-order valence-electron chi connectivity index (χ4n) is 1.48. The van der Waals surface area contributed by atoms with Crippen LogP contribution in [0.15, 0.2) is 22.7 Å². The molecule has 0 saturated heterocycles. The molecule has 6 heteroatoms. The summed E-state index contributed by atoms with van der Waals surface area (Å²) in [6.07, 6.45) is 1.07. The molecule has 1 atom stereocenters. The van der Waals surface area contributed by atoms with Gasteiger partial charge in [-0.05, 0) is 46.8 Å². The highest BCUT2D eigenvalue weighted by Gasteiger charge is 2.10. The number of nitro benzene ring substituents is 1. The minimum absolute atomic E-state index is 0.0987. The van der Waals surface area contributed by atoms with Crippen molar-refractivity contribution in [3.05, 3.63) is 32.8 Å². The van der Waals surface area contributed by atoms with Crippen molar-refractivity contribution < 1.29 is 4.92 Å². The molecule has 0 aliphatic heterocycles. The van der Waals surface area contributed by atoms with Crippen LogP contribution in [0.4, 0.5) is 11.4 Å². The Bertz CT molecular complexity index is 415. The van der Waals surface area contributed by atoms with Crippen LogP contribution < -0.4 is 5.32 Å². The monoisotopic (exact) mass is 332 g/mol. The number of rotatable bonds is 7. The summed E-state index contributed by atoms with van der Waals surface area (Å²) < 4.78 is 0.728. The Kier molecular flexibility index (Phi) is 6.49. The lowest BCUT2D eigenvalue weighted by Crippen LogP contribution is -2.16. The Labute approximate surface area is 120 Å². The average Bonchev–Trinajstić information content (AvgIpc) is 2.32. The number of nitro groups is 1. The van der Waals surface area contributed by atoms with Crippen molar-refractivity contribution in [2.75, 3.05) is 16.8 Å². The van der Waals surface area contributed by atoms with E-state index in [4.69, 9.17) is 0 Å². The Hall–Kier alpha value is -0.750. The molecule has 0 heterocycles. The first-order valence-corrected chi connectivity index (χ1v) is 7.77. The second-order valence-electron chi connectivity index (χ2n) is 3.95. The molecule has 4 nitrogen and oxygen atoms in total. The van der Waals surface area contributed by atoms with Crippen LogP contribution in [0.2, 0.25) is 0 Å². The lowest BCUT2D eigenvalue weighted by atomic mass is 10.2. The smallest absolute Gasteiger partial charge is 0.270 e. The van der Waals surface area contributed by atoms with Gasteiger partial charge in [0.05, 0.1) is 4.92 Å². The summed E-state index contributed by atoms with van der Waals surface area (Å²) in [5, 5.41) is 14.0. The third kappa shape index (κ3) is 4.86. The molecule has 1 unspecified atom stereocenters. The number of hydrogen-bond donors (Lipinski definition) is 1. The van der Waals surface area contributed by atoms with Gasteiger partial charge in [0.15, 0.2) is 0 Å². The zero-order chi connectivity index (χ0) is 13.5. The lowest BCUT2D eigenvalue weighted by molar-refractivity contribution is -0.384. The molecule has 1 aromatic carbocycles. The first-order chi connectivity index (χ1) is 8.54. The van der Waals surface area contributed by atoms with E-state index in [1.54, 1.807) is 6.07 Å². The van der Waals surface area contributed by atoms with Crippen LogP contribution in [0.3, 0.4) is 0 Å². The van der Waals surface area contributed by atoms with Gasteiger partial charge in [-0.1, -0.05) is 6.92 Å². The van der Waals surface area contributed by atoms with Gasteiger partial charge in [-0.2, -0.15) is 11.8 Å². The molecule has 1 N–H and O–H groups in total.